The van der Waals surface area contributed by atoms with E-state index in [0.29, 0.717) is 0 Å². The molecule has 0 aliphatic rings. The zero-order chi connectivity index (χ0) is 12.2. The molecule has 0 saturated heterocycles. The molecule has 1 rings (SSSR count). The van der Waals surface area contributed by atoms with Gasteiger partial charge < -0.3 is 10.5 Å². The Balaban J connectivity index is 2.98. The van der Waals surface area contributed by atoms with Crippen LogP contribution in [0.1, 0.15) is 38.3 Å². The van der Waals surface area contributed by atoms with Gasteiger partial charge in [-0.15, -0.1) is 0 Å². The average Bonchev–Trinajstić information content (AvgIpc) is 2.33. The fraction of sp³-hybridized carbons (Fsp3) is 0.538. The van der Waals surface area contributed by atoms with Crippen LogP contribution in [0, 0.1) is 0 Å². The van der Waals surface area contributed by atoms with Gasteiger partial charge in [0.05, 0.1) is 11.6 Å². The zero-order valence-corrected chi connectivity index (χ0v) is 10.9. The first-order valence-electron chi connectivity index (χ1n) is 5.65. The van der Waals surface area contributed by atoms with E-state index in [1.54, 1.807) is 7.11 Å². The summed E-state index contributed by atoms with van der Waals surface area (Å²) in [6.45, 7) is 4.20. The highest BCUT2D eigenvalue weighted by Gasteiger charge is 2.34. The van der Waals surface area contributed by atoms with Crippen LogP contribution in [0.3, 0.4) is 0 Å². The van der Waals surface area contributed by atoms with Gasteiger partial charge in [0.25, 0.3) is 0 Å². The fourth-order valence-electron chi connectivity index (χ4n) is 2.08. The molecule has 90 valence electrons. The number of rotatable bonds is 5. The number of benzene rings is 1. The molecule has 1 aromatic carbocycles. The molecule has 3 heteroatoms. The van der Waals surface area contributed by atoms with Crippen LogP contribution < -0.4 is 5.73 Å². The third-order valence-corrected chi connectivity index (χ3v) is 3.65. The van der Waals surface area contributed by atoms with Crippen LogP contribution in [0.5, 0.6) is 0 Å². The summed E-state index contributed by atoms with van der Waals surface area (Å²) in [6.07, 6.45) is 1.79. The summed E-state index contributed by atoms with van der Waals surface area (Å²) in [4.78, 5) is 0. The first-order chi connectivity index (χ1) is 7.59. The Labute approximate surface area is 103 Å². The Morgan fingerprint density at radius 1 is 1.25 bits per heavy atom. The minimum absolute atomic E-state index is 0.121. The third kappa shape index (κ3) is 2.57. The monoisotopic (exact) mass is 241 g/mol. The van der Waals surface area contributed by atoms with E-state index >= 15 is 0 Å². The lowest BCUT2D eigenvalue weighted by atomic mass is 9.84. The number of ether oxygens (including phenoxy) is 1. The molecule has 0 aliphatic heterocycles. The van der Waals surface area contributed by atoms with E-state index < -0.39 is 0 Å². The number of hydrogen-bond donors (Lipinski definition) is 1. The lowest BCUT2D eigenvalue weighted by Crippen LogP contribution is -2.42. The second-order valence-electron chi connectivity index (χ2n) is 4.01. The molecule has 0 spiro atoms. The van der Waals surface area contributed by atoms with Gasteiger partial charge in [-0.2, -0.15) is 0 Å². The second-order valence-corrected chi connectivity index (χ2v) is 4.44. The fourth-order valence-corrected chi connectivity index (χ4v) is 2.21. The largest absolute Gasteiger partial charge is 0.376 e. The third-order valence-electron chi connectivity index (χ3n) is 3.40. The molecule has 0 aliphatic carbocycles. The van der Waals surface area contributed by atoms with E-state index in [9.17, 15) is 0 Å². The molecule has 0 fully saturated rings. The van der Waals surface area contributed by atoms with E-state index in [1.807, 2.05) is 24.3 Å². The molecule has 2 N–H and O–H groups in total. The highest BCUT2D eigenvalue weighted by Crippen LogP contribution is 2.33. The van der Waals surface area contributed by atoms with Crippen molar-refractivity contribution in [2.75, 3.05) is 7.11 Å². The molecule has 0 bridgehead atoms. The molecule has 0 saturated carbocycles. The van der Waals surface area contributed by atoms with Crippen molar-refractivity contribution in [2.24, 2.45) is 5.73 Å². The molecular weight excluding hydrogens is 222 g/mol. The van der Waals surface area contributed by atoms with Crippen LogP contribution in [-0.4, -0.2) is 12.7 Å². The molecule has 0 aromatic heterocycles. The quantitative estimate of drug-likeness (QED) is 0.856. The Hall–Kier alpha value is -0.570. The van der Waals surface area contributed by atoms with Gasteiger partial charge in [0, 0.05) is 12.1 Å². The predicted molar refractivity (Wildman–Crippen MR) is 68.7 cm³/mol. The standard InChI is InChI=1S/C13H20ClNO/c1-4-13(5-2,16-3)12(15)10-6-8-11(14)9-7-10/h6-9,12H,4-5,15H2,1-3H3. The van der Waals surface area contributed by atoms with Crippen LogP contribution in [-0.2, 0) is 4.74 Å². The van der Waals surface area contributed by atoms with Crippen molar-refractivity contribution in [3.8, 4) is 0 Å². The molecule has 0 radical (unpaired) electrons. The van der Waals surface area contributed by atoms with Crippen molar-refractivity contribution >= 4 is 11.6 Å². The summed E-state index contributed by atoms with van der Waals surface area (Å²) in [5.41, 5.74) is 7.07. The number of methoxy groups -OCH3 is 1. The van der Waals surface area contributed by atoms with Gasteiger partial charge in [-0.3, -0.25) is 0 Å². The van der Waals surface area contributed by atoms with Gasteiger partial charge in [-0.1, -0.05) is 37.6 Å². The van der Waals surface area contributed by atoms with Crippen LogP contribution in [0.2, 0.25) is 5.02 Å². The first kappa shape index (κ1) is 13.5. The van der Waals surface area contributed by atoms with Crippen molar-refractivity contribution in [2.45, 2.75) is 38.3 Å². The Morgan fingerprint density at radius 2 is 1.75 bits per heavy atom. The van der Waals surface area contributed by atoms with E-state index in [4.69, 9.17) is 22.1 Å². The van der Waals surface area contributed by atoms with Crippen molar-refractivity contribution in [3.63, 3.8) is 0 Å². The van der Waals surface area contributed by atoms with Gasteiger partial charge in [0.1, 0.15) is 0 Å². The maximum Gasteiger partial charge on any atom is 0.0865 e. The van der Waals surface area contributed by atoms with Crippen LogP contribution in [0.15, 0.2) is 24.3 Å². The summed E-state index contributed by atoms with van der Waals surface area (Å²) < 4.78 is 5.62. The van der Waals surface area contributed by atoms with E-state index in [0.717, 1.165) is 23.4 Å². The van der Waals surface area contributed by atoms with Gasteiger partial charge >= 0.3 is 0 Å². The molecule has 1 unspecified atom stereocenters. The molecule has 16 heavy (non-hydrogen) atoms. The maximum atomic E-state index is 6.29. The highest BCUT2D eigenvalue weighted by molar-refractivity contribution is 6.30. The summed E-state index contributed by atoms with van der Waals surface area (Å²) >= 11 is 5.86. The molecule has 1 atom stereocenters. The van der Waals surface area contributed by atoms with Gasteiger partial charge in [0.2, 0.25) is 0 Å². The van der Waals surface area contributed by atoms with Gasteiger partial charge in [-0.25, -0.2) is 0 Å². The van der Waals surface area contributed by atoms with Crippen LogP contribution in [0.25, 0.3) is 0 Å². The summed E-state index contributed by atoms with van der Waals surface area (Å²) in [7, 11) is 1.72. The zero-order valence-electron chi connectivity index (χ0n) is 10.2. The Kier molecular flexibility index (Phi) is 4.78. The topological polar surface area (TPSA) is 35.2 Å². The van der Waals surface area contributed by atoms with Gasteiger partial charge in [-0.05, 0) is 30.5 Å². The van der Waals surface area contributed by atoms with Crippen molar-refractivity contribution in [1.82, 2.24) is 0 Å². The maximum absolute atomic E-state index is 6.29. The molecule has 0 amide bonds. The number of nitrogens with two attached hydrogens (primary N) is 1. The van der Waals surface area contributed by atoms with Crippen molar-refractivity contribution < 1.29 is 4.74 Å². The predicted octanol–water partition coefficient (Wildman–Crippen LogP) is 3.55. The SMILES string of the molecule is CCC(CC)(OC)C(N)c1ccc(Cl)cc1. The van der Waals surface area contributed by atoms with Crippen molar-refractivity contribution in [1.29, 1.82) is 0 Å². The Morgan fingerprint density at radius 3 is 2.12 bits per heavy atom. The highest BCUT2D eigenvalue weighted by atomic mass is 35.5. The second kappa shape index (κ2) is 5.67. The van der Waals surface area contributed by atoms with E-state index in [1.165, 1.54) is 0 Å². The normalized spacial score (nSPS) is 13.8. The molecular formula is C13H20ClNO. The number of halogens is 1. The van der Waals surface area contributed by atoms with E-state index in [2.05, 4.69) is 13.8 Å². The molecule has 2 nitrogen and oxygen atoms in total. The van der Waals surface area contributed by atoms with Crippen LogP contribution in [0.4, 0.5) is 0 Å². The summed E-state index contributed by atoms with van der Waals surface area (Å²) in [6, 6.07) is 7.54. The first-order valence-corrected chi connectivity index (χ1v) is 6.03. The average molecular weight is 242 g/mol. The summed E-state index contributed by atoms with van der Waals surface area (Å²) in [5, 5.41) is 0.729. The minimum Gasteiger partial charge on any atom is -0.376 e. The lowest BCUT2D eigenvalue weighted by molar-refractivity contribution is -0.0385. The van der Waals surface area contributed by atoms with Crippen LogP contribution >= 0.6 is 11.6 Å². The van der Waals surface area contributed by atoms with Crippen molar-refractivity contribution in [3.05, 3.63) is 34.9 Å². The smallest absolute Gasteiger partial charge is 0.0865 e. The molecule has 0 heterocycles. The minimum atomic E-state index is -0.284. The lowest BCUT2D eigenvalue weighted by Gasteiger charge is -2.36. The summed E-state index contributed by atoms with van der Waals surface area (Å²) in [5.74, 6) is 0. The number of hydrogen-bond acceptors (Lipinski definition) is 2. The molecule has 1 aromatic rings. The van der Waals surface area contributed by atoms with Gasteiger partial charge in [0.15, 0.2) is 0 Å². The van der Waals surface area contributed by atoms with E-state index in [-0.39, 0.29) is 11.6 Å². The Bertz CT molecular complexity index is 311.